The summed E-state index contributed by atoms with van der Waals surface area (Å²) in [5.41, 5.74) is 0.576. The fourth-order valence-corrected chi connectivity index (χ4v) is 2.25. The van der Waals surface area contributed by atoms with Crippen molar-refractivity contribution in [1.82, 2.24) is 0 Å². The molecule has 4 heteroatoms. The van der Waals surface area contributed by atoms with Crippen molar-refractivity contribution in [2.24, 2.45) is 0 Å². The summed E-state index contributed by atoms with van der Waals surface area (Å²) >= 11 is 2.01. The molecule has 2 rings (SSSR count). The van der Waals surface area contributed by atoms with E-state index >= 15 is 0 Å². The number of hydrogen-bond donors (Lipinski definition) is 0. The molecular formula is C14H9F2IO. The average molecular weight is 358 g/mol. The summed E-state index contributed by atoms with van der Waals surface area (Å²) in [7, 11) is 0. The van der Waals surface area contributed by atoms with Gasteiger partial charge in [0.15, 0.2) is 5.78 Å². The summed E-state index contributed by atoms with van der Waals surface area (Å²) in [5, 5.41) is 0. The first kappa shape index (κ1) is 13.1. The van der Waals surface area contributed by atoms with Crippen LogP contribution in [0.4, 0.5) is 8.78 Å². The van der Waals surface area contributed by atoms with Gasteiger partial charge in [0.2, 0.25) is 0 Å². The minimum atomic E-state index is -0.831. The molecule has 0 atom stereocenters. The van der Waals surface area contributed by atoms with Crippen LogP contribution >= 0.6 is 22.6 Å². The summed E-state index contributed by atoms with van der Waals surface area (Å²) < 4.78 is 27.5. The lowest BCUT2D eigenvalue weighted by atomic mass is 10.0. The molecule has 0 N–H and O–H groups in total. The van der Waals surface area contributed by atoms with Gasteiger partial charge >= 0.3 is 0 Å². The second-order valence-electron chi connectivity index (χ2n) is 3.89. The van der Waals surface area contributed by atoms with Gasteiger partial charge in [0.25, 0.3) is 0 Å². The molecule has 0 saturated heterocycles. The van der Waals surface area contributed by atoms with Gasteiger partial charge in [-0.2, -0.15) is 0 Å². The fourth-order valence-electron chi connectivity index (χ4n) is 1.62. The largest absolute Gasteiger partial charge is 0.288 e. The Morgan fingerprint density at radius 3 is 2.39 bits per heavy atom. The van der Waals surface area contributed by atoms with Gasteiger partial charge < -0.3 is 0 Å². The molecule has 0 bridgehead atoms. The second-order valence-corrected chi connectivity index (χ2v) is 5.05. The zero-order valence-electron chi connectivity index (χ0n) is 9.51. The fraction of sp³-hybridized carbons (Fsp3) is 0.0714. The Labute approximate surface area is 117 Å². The van der Waals surface area contributed by atoms with Gasteiger partial charge in [-0.15, -0.1) is 0 Å². The number of carbonyl (C=O) groups is 1. The van der Waals surface area contributed by atoms with E-state index in [1.54, 1.807) is 24.3 Å². The highest BCUT2D eigenvalue weighted by Crippen LogP contribution is 2.20. The third-order valence-electron chi connectivity index (χ3n) is 2.61. The van der Waals surface area contributed by atoms with E-state index in [0.29, 0.717) is 5.56 Å². The molecule has 0 aliphatic carbocycles. The number of benzene rings is 2. The lowest BCUT2D eigenvalue weighted by molar-refractivity contribution is 0.103. The third-order valence-corrected chi connectivity index (χ3v) is 3.55. The van der Waals surface area contributed by atoms with Crippen molar-refractivity contribution in [2.75, 3.05) is 0 Å². The number of ketones is 1. The van der Waals surface area contributed by atoms with Crippen LogP contribution in [0.15, 0.2) is 36.4 Å². The van der Waals surface area contributed by atoms with Crippen LogP contribution in [-0.2, 0) is 0 Å². The van der Waals surface area contributed by atoms with Gasteiger partial charge in [0.1, 0.15) is 11.6 Å². The molecule has 0 unspecified atom stereocenters. The number of halogens is 3. The Hall–Kier alpha value is -1.30. The molecule has 0 fully saturated rings. The normalized spacial score (nSPS) is 10.4. The van der Waals surface area contributed by atoms with Crippen LogP contribution in [0.5, 0.6) is 0 Å². The molecule has 0 radical (unpaired) electrons. The molecule has 0 saturated carbocycles. The molecule has 1 nitrogen and oxygen atoms in total. The number of hydrogen-bond acceptors (Lipinski definition) is 1. The third kappa shape index (κ3) is 2.43. The van der Waals surface area contributed by atoms with Crippen LogP contribution in [0, 0.1) is 22.1 Å². The molecule has 0 amide bonds. The molecular weight excluding hydrogens is 349 g/mol. The Balaban J connectivity index is 2.53. The van der Waals surface area contributed by atoms with Crippen molar-refractivity contribution in [1.29, 1.82) is 0 Å². The van der Waals surface area contributed by atoms with Gasteiger partial charge in [-0.1, -0.05) is 12.1 Å². The predicted molar refractivity (Wildman–Crippen MR) is 73.7 cm³/mol. The number of carbonyl (C=O) groups excluding carboxylic acids is 1. The highest BCUT2D eigenvalue weighted by molar-refractivity contribution is 14.1. The van der Waals surface area contributed by atoms with Crippen molar-refractivity contribution in [3.63, 3.8) is 0 Å². The van der Waals surface area contributed by atoms with Crippen LogP contribution in [0.1, 0.15) is 21.5 Å². The first-order valence-corrected chi connectivity index (χ1v) is 6.33. The summed E-state index contributed by atoms with van der Waals surface area (Å²) in [6.07, 6.45) is 0. The molecule has 0 spiro atoms. The molecule has 2 aromatic rings. The van der Waals surface area contributed by atoms with Crippen molar-refractivity contribution in [3.05, 3.63) is 68.3 Å². The monoisotopic (exact) mass is 358 g/mol. The minimum Gasteiger partial charge on any atom is -0.288 e. The lowest BCUT2D eigenvalue weighted by Crippen LogP contribution is -2.07. The molecule has 0 aliphatic rings. The molecule has 18 heavy (non-hydrogen) atoms. The van der Waals surface area contributed by atoms with Crippen molar-refractivity contribution in [3.8, 4) is 0 Å². The van der Waals surface area contributed by atoms with Crippen LogP contribution in [0.2, 0.25) is 0 Å². The topological polar surface area (TPSA) is 17.1 Å². The average Bonchev–Trinajstić information content (AvgIpc) is 2.33. The highest BCUT2D eigenvalue weighted by Gasteiger charge is 2.17. The quantitative estimate of drug-likeness (QED) is 0.583. The van der Waals surface area contributed by atoms with Crippen molar-refractivity contribution >= 4 is 28.4 Å². The predicted octanol–water partition coefficient (Wildman–Crippen LogP) is 4.11. The van der Waals surface area contributed by atoms with Gasteiger partial charge in [-0.3, -0.25) is 4.79 Å². The maximum atomic E-state index is 13.6. The highest BCUT2D eigenvalue weighted by atomic mass is 127. The first-order valence-electron chi connectivity index (χ1n) is 5.25. The Morgan fingerprint density at radius 2 is 1.72 bits per heavy atom. The SMILES string of the molecule is Cc1cc(C(=O)c2ccccc2I)c(F)cc1F. The summed E-state index contributed by atoms with van der Waals surface area (Å²) in [6.45, 7) is 1.50. The van der Waals surface area contributed by atoms with Gasteiger partial charge in [-0.25, -0.2) is 8.78 Å². The van der Waals surface area contributed by atoms with E-state index in [2.05, 4.69) is 0 Å². The van der Waals surface area contributed by atoms with E-state index in [0.717, 1.165) is 9.64 Å². The summed E-state index contributed by atoms with van der Waals surface area (Å²) in [5.74, 6) is -1.91. The van der Waals surface area contributed by atoms with Gasteiger partial charge in [0.05, 0.1) is 5.56 Å². The molecule has 0 heterocycles. The molecule has 2 aromatic carbocycles. The van der Waals surface area contributed by atoms with Crippen molar-refractivity contribution < 1.29 is 13.6 Å². The Bertz CT molecular complexity index is 623. The van der Waals surface area contributed by atoms with E-state index < -0.39 is 17.4 Å². The molecule has 0 aromatic heterocycles. The molecule has 92 valence electrons. The van der Waals surface area contributed by atoms with Gasteiger partial charge in [0, 0.05) is 15.2 Å². The lowest BCUT2D eigenvalue weighted by Gasteiger charge is -2.06. The van der Waals surface area contributed by atoms with Gasteiger partial charge in [-0.05, 0) is 53.3 Å². The van der Waals surface area contributed by atoms with Crippen LogP contribution < -0.4 is 0 Å². The second kappa shape index (κ2) is 5.14. The van der Waals surface area contributed by atoms with Crippen LogP contribution in [-0.4, -0.2) is 5.78 Å². The van der Waals surface area contributed by atoms with Crippen LogP contribution in [0.3, 0.4) is 0 Å². The summed E-state index contributed by atoms with van der Waals surface area (Å²) in [6, 6.07) is 8.90. The number of rotatable bonds is 2. The van der Waals surface area contributed by atoms with E-state index in [1.165, 1.54) is 13.0 Å². The molecule has 0 aliphatic heterocycles. The Morgan fingerprint density at radius 1 is 1.06 bits per heavy atom. The Kier molecular flexibility index (Phi) is 3.75. The maximum Gasteiger partial charge on any atom is 0.197 e. The zero-order chi connectivity index (χ0) is 13.3. The maximum absolute atomic E-state index is 13.6. The van der Waals surface area contributed by atoms with E-state index in [-0.39, 0.29) is 11.1 Å². The number of aryl methyl sites for hydroxylation is 1. The zero-order valence-corrected chi connectivity index (χ0v) is 11.7. The van der Waals surface area contributed by atoms with Crippen LogP contribution in [0.25, 0.3) is 0 Å². The van der Waals surface area contributed by atoms with E-state index in [1.807, 2.05) is 22.6 Å². The van der Waals surface area contributed by atoms with Crippen molar-refractivity contribution in [2.45, 2.75) is 6.92 Å². The van der Waals surface area contributed by atoms with E-state index in [4.69, 9.17) is 0 Å². The first-order chi connectivity index (χ1) is 8.50. The minimum absolute atomic E-state index is 0.0991. The smallest absolute Gasteiger partial charge is 0.197 e. The summed E-state index contributed by atoms with van der Waals surface area (Å²) in [4.78, 5) is 12.2. The van der Waals surface area contributed by atoms with E-state index in [9.17, 15) is 13.6 Å². The standard InChI is InChI=1S/C14H9F2IO/c1-8-6-10(12(16)7-11(8)15)14(18)9-4-2-3-5-13(9)17/h2-7H,1H3.